The van der Waals surface area contributed by atoms with Gasteiger partial charge in [0.25, 0.3) is 0 Å². The van der Waals surface area contributed by atoms with Crippen molar-refractivity contribution in [2.24, 2.45) is 17.6 Å². The van der Waals surface area contributed by atoms with Crippen LogP contribution >= 0.6 is 24.0 Å². The van der Waals surface area contributed by atoms with E-state index >= 15 is 0 Å². The first-order valence-corrected chi connectivity index (χ1v) is 8.76. The number of benzene rings is 1. The molecule has 0 aliphatic carbocycles. The molecule has 25 heavy (non-hydrogen) atoms. The SMILES string of the molecule is CC(C)C(N)CCN(C)C(=O)C1CCN(c2cccc(Cl)c2)C1=O.Cl. The van der Waals surface area contributed by atoms with Crippen molar-refractivity contribution in [3.63, 3.8) is 0 Å². The minimum atomic E-state index is -0.607. The number of hydrogen-bond acceptors (Lipinski definition) is 3. The average Bonchev–Trinajstić information content (AvgIpc) is 2.92. The molecular formula is C18H27Cl2N3O2. The van der Waals surface area contributed by atoms with Gasteiger partial charge in [-0.25, -0.2) is 0 Å². The molecular weight excluding hydrogens is 361 g/mol. The first-order chi connectivity index (χ1) is 11.3. The van der Waals surface area contributed by atoms with Gasteiger partial charge in [-0.3, -0.25) is 9.59 Å². The Hall–Kier alpha value is -1.30. The van der Waals surface area contributed by atoms with Crippen molar-refractivity contribution >= 4 is 41.5 Å². The highest BCUT2D eigenvalue weighted by Crippen LogP contribution is 2.28. The molecule has 0 radical (unpaired) electrons. The maximum atomic E-state index is 12.6. The van der Waals surface area contributed by atoms with Crippen LogP contribution in [0.25, 0.3) is 0 Å². The fourth-order valence-electron chi connectivity index (χ4n) is 2.86. The van der Waals surface area contributed by atoms with E-state index in [0.29, 0.717) is 30.5 Å². The Bertz CT molecular complexity index is 610. The third-order valence-electron chi connectivity index (χ3n) is 4.65. The second-order valence-corrected chi connectivity index (χ2v) is 7.20. The molecule has 140 valence electrons. The predicted octanol–water partition coefficient (Wildman–Crippen LogP) is 2.95. The van der Waals surface area contributed by atoms with Gasteiger partial charge in [0.1, 0.15) is 5.92 Å². The van der Waals surface area contributed by atoms with Gasteiger partial charge in [-0.1, -0.05) is 31.5 Å². The summed E-state index contributed by atoms with van der Waals surface area (Å²) in [5, 5.41) is 0.579. The van der Waals surface area contributed by atoms with Crippen molar-refractivity contribution in [3.05, 3.63) is 29.3 Å². The van der Waals surface area contributed by atoms with Crippen LogP contribution in [0.15, 0.2) is 24.3 Å². The number of hydrogen-bond donors (Lipinski definition) is 1. The van der Waals surface area contributed by atoms with Crippen LogP contribution in [-0.2, 0) is 9.59 Å². The maximum absolute atomic E-state index is 12.6. The van der Waals surface area contributed by atoms with Crippen LogP contribution in [0.2, 0.25) is 5.02 Å². The van der Waals surface area contributed by atoms with Gasteiger partial charge >= 0.3 is 0 Å². The Morgan fingerprint density at radius 1 is 1.44 bits per heavy atom. The number of amides is 2. The third kappa shape index (κ3) is 5.33. The molecule has 7 heteroatoms. The second-order valence-electron chi connectivity index (χ2n) is 6.77. The summed E-state index contributed by atoms with van der Waals surface area (Å²) >= 11 is 5.99. The largest absolute Gasteiger partial charge is 0.345 e. The Balaban J connectivity index is 0.00000312. The Labute approximate surface area is 160 Å². The summed E-state index contributed by atoms with van der Waals surface area (Å²) < 4.78 is 0. The lowest BCUT2D eigenvalue weighted by atomic mass is 10.0. The minimum absolute atomic E-state index is 0. The predicted molar refractivity (Wildman–Crippen MR) is 104 cm³/mol. The molecule has 1 heterocycles. The highest BCUT2D eigenvalue weighted by atomic mass is 35.5. The molecule has 0 aromatic heterocycles. The fourth-order valence-corrected chi connectivity index (χ4v) is 3.05. The van der Waals surface area contributed by atoms with E-state index in [1.807, 2.05) is 6.07 Å². The summed E-state index contributed by atoms with van der Waals surface area (Å²) in [4.78, 5) is 28.5. The quantitative estimate of drug-likeness (QED) is 0.762. The lowest BCUT2D eigenvalue weighted by Crippen LogP contribution is -2.40. The molecule has 1 aromatic rings. The normalized spacial score (nSPS) is 18.2. The molecule has 2 unspecified atom stereocenters. The number of nitrogens with zero attached hydrogens (tertiary/aromatic N) is 2. The molecule has 1 saturated heterocycles. The minimum Gasteiger partial charge on any atom is -0.345 e. The lowest BCUT2D eigenvalue weighted by Gasteiger charge is -2.24. The van der Waals surface area contributed by atoms with Gasteiger partial charge in [-0.15, -0.1) is 12.4 Å². The zero-order valence-electron chi connectivity index (χ0n) is 14.9. The molecule has 2 atom stereocenters. The summed E-state index contributed by atoms with van der Waals surface area (Å²) in [6.07, 6.45) is 1.27. The first kappa shape index (κ1) is 21.7. The van der Waals surface area contributed by atoms with Crippen molar-refractivity contribution in [1.29, 1.82) is 0 Å². The molecule has 1 aromatic carbocycles. The second kappa shape index (κ2) is 9.41. The van der Waals surface area contributed by atoms with Gasteiger partial charge in [0.2, 0.25) is 11.8 Å². The van der Waals surface area contributed by atoms with Crippen LogP contribution in [0.1, 0.15) is 26.7 Å². The Kier molecular flexibility index (Phi) is 8.19. The lowest BCUT2D eigenvalue weighted by molar-refractivity contribution is -0.138. The van der Waals surface area contributed by atoms with Crippen molar-refractivity contribution in [2.75, 3.05) is 25.0 Å². The van der Waals surface area contributed by atoms with Crippen LogP contribution in [0.3, 0.4) is 0 Å². The molecule has 0 saturated carbocycles. The van der Waals surface area contributed by atoms with E-state index in [0.717, 1.165) is 12.1 Å². The molecule has 2 rings (SSSR count). The number of halogens is 2. The number of carbonyl (C=O) groups excluding carboxylic acids is 2. The van der Waals surface area contributed by atoms with Crippen molar-refractivity contribution in [2.45, 2.75) is 32.7 Å². The van der Waals surface area contributed by atoms with E-state index in [-0.39, 0.29) is 30.3 Å². The van der Waals surface area contributed by atoms with Crippen LogP contribution in [0, 0.1) is 11.8 Å². The van der Waals surface area contributed by atoms with Crippen molar-refractivity contribution < 1.29 is 9.59 Å². The molecule has 1 aliphatic rings. The van der Waals surface area contributed by atoms with Crippen molar-refractivity contribution in [3.8, 4) is 0 Å². The molecule has 0 spiro atoms. The zero-order chi connectivity index (χ0) is 17.9. The summed E-state index contributed by atoms with van der Waals surface area (Å²) in [5.41, 5.74) is 6.78. The van der Waals surface area contributed by atoms with Crippen LogP contribution in [0.5, 0.6) is 0 Å². The van der Waals surface area contributed by atoms with Crippen LogP contribution in [-0.4, -0.2) is 42.9 Å². The van der Waals surface area contributed by atoms with E-state index in [2.05, 4.69) is 13.8 Å². The van der Waals surface area contributed by atoms with Crippen molar-refractivity contribution in [1.82, 2.24) is 4.90 Å². The highest BCUT2D eigenvalue weighted by Gasteiger charge is 2.39. The van der Waals surface area contributed by atoms with Gasteiger partial charge < -0.3 is 15.5 Å². The van der Waals surface area contributed by atoms with Gasteiger partial charge in [0, 0.05) is 36.9 Å². The van der Waals surface area contributed by atoms with Gasteiger partial charge in [-0.2, -0.15) is 0 Å². The smallest absolute Gasteiger partial charge is 0.239 e. The van der Waals surface area contributed by atoms with Gasteiger partial charge in [0.15, 0.2) is 0 Å². The Morgan fingerprint density at radius 2 is 2.12 bits per heavy atom. The number of nitrogens with two attached hydrogens (primary N) is 1. The standard InChI is InChI=1S/C18H26ClN3O2.ClH/c1-12(2)16(20)8-9-21(3)17(23)15-7-10-22(18(15)24)14-6-4-5-13(19)11-14;/h4-6,11-12,15-16H,7-10,20H2,1-3H3;1H. The molecule has 1 aliphatic heterocycles. The summed E-state index contributed by atoms with van der Waals surface area (Å²) in [7, 11) is 1.74. The number of rotatable bonds is 6. The van der Waals surface area contributed by atoms with E-state index in [4.69, 9.17) is 17.3 Å². The van der Waals surface area contributed by atoms with Crippen LogP contribution in [0.4, 0.5) is 5.69 Å². The molecule has 1 fully saturated rings. The van der Waals surface area contributed by atoms with E-state index in [1.54, 1.807) is 35.0 Å². The Morgan fingerprint density at radius 3 is 2.72 bits per heavy atom. The molecule has 2 amide bonds. The molecule has 2 N–H and O–H groups in total. The molecule has 5 nitrogen and oxygen atoms in total. The number of anilines is 1. The van der Waals surface area contributed by atoms with Gasteiger partial charge in [0.05, 0.1) is 0 Å². The average molecular weight is 388 g/mol. The zero-order valence-corrected chi connectivity index (χ0v) is 16.5. The molecule has 0 bridgehead atoms. The van der Waals surface area contributed by atoms with E-state index < -0.39 is 5.92 Å². The van der Waals surface area contributed by atoms with E-state index in [9.17, 15) is 9.59 Å². The summed E-state index contributed by atoms with van der Waals surface area (Å²) in [5.74, 6) is -0.507. The van der Waals surface area contributed by atoms with Crippen LogP contribution < -0.4 is 10.6 Å². The first-order valence-electron chi connectivity index (χ1n) is 8.38. The third-order valence-corrected chi connectivity index (χ3v) is 4.89. The maximum Gasteiger partial charge on any atom is 0.239 e. The summed E-state index contributed by atoms with van der Waals surface area (Å²) in [6.45, 7) is 5.24. The monoisotopic (exact) mass is 387 g/mol. The summed E-state index contributed by atoms with van der Waals surface area (Å²) in [6, 6.07) is 7.21. The fraction of sp³-hybridized carbons (Fsp3) is 0.556. The van der Waals surface area contributed by atoms with E-state index in [1.165, 1.54) is 0 Å². The number of carbonyl (C=O) groups is 2. The topological polar surface area (TPSA) is 66.6 Å². The van der Waals surface area contributed by atoms with Gasteiger partial charge in [-0.05, 0) is 37.0 Å². The highest BCUT2D eigenvalue weighted by molar-refractivity contribution is 6.31.